The molecule has 0 spiro atoms. The highest BCUT2D eigenvalue weighted by atomic mass is 32.2. The Kier molecular flexibility index (Phi) is 4.79. The molecular formula is C10H13N5S3. The molecule has 0 fully saturated rings. The fourth-order valence-electron chi connectivity index (χ4n) is 1.23. The second kappa shape index (κ2) is 6.35. The molecule has 1 N–H and O–H groups in total. The first kappa shape index (κ1) is 13.6. The molecule has 2 aromatic heterocycles. The zero-order valence-corrected chi connectivity index (χ0v) is 12.7. The van der Waals surface area contributed by atoms with Gasteiger partial charge >= 0.3 is 0 Å². The Morgan fingerprint density at radius 2 is 2.17 bits per heavy atom. The van der Waals surface area contributed by atoms with E-state index in [1.807, 2.05) is 26.2 Å². The first-order chi connectivity index (χ1) is 8.71. The minimum absolute atomic E-state index is 0.761. The van der Waals surface area contributed by atoms with Gasteiger partial charge in [0.05, 0.1) is 0 Å². The lowest BCUT2D eigenvalue weighted by molar-refractivity contribution is 0.890. The van der Waals surface area contributed by atoms with Crippen molar-refractivity contribution in [1.82, 2.24) is 19.3 Å². The minimum atomic E-state index is 0.761. The summed E-state index contributed by atoms with van der Waals surface area (Å²) in [7, 11) is 0. The highest BCUT2D eigenvalue weighted by Gasteiger charge is 2.08. The molecule has 0 aliphatic carbocycles. The standard InChI is InChI=1S/C10H13N5S3/c1-4-11-7-5-8(14-9(13-7)16-3)17-10-12-6(2)15-18-10/h5H,4H2,1-3H3,(H,11,13,14). The van der Waals surface area contributed by atoms with Crippen LogP contribution in [0.5, 0.6) is 0 Å². The van der Waals surface area contributed by atoms with E-state index in [1.54, 1.807) is 0 Å². The van der Waals surface area contributed by atoms with Crippen LogP contribution in [-0.2, 0) is 0 Å². The van der Waals surface area contributed by atoms with Crippen LogP contribution in [0.2, 0.25) is 0 Å². The number of thioether (sulfide) groups is 1. The molecule has 0 aliphatic rings. The molecule has 0 atom stereocenters. The van der Waals surface area contributed by atoms with E-state index in [0.29, 0.717) is 0 Å². The number of aromatic nitrogens is 4. The van der Waals surface area contributed by atoms with Gasteiger partial charge in [0.2, 0.25) is 0 Å². The van der Waals surface area contributed by atoms with Crippen molar-refractivity contribution >= 4 is 40.9 Å². The molecular weight excluding hydrogens is 286 g/mol. The average Bonchev–Trinajstić information content (AvgIpc) is 2.75. The Morgan fingerprint density at radius 1 is 1.33 bits per heavy atom. The van der Waals surface area contributed by atoms with Crippen LogP contribution in [0.1, 0.15) is 12.7 Å². The molecule has 0 radical (unpaired) electrons. The van der Waals surface area contributed by atoms with Crippen molar-refractivity contribution in [3.8, 4) is 0 Å². The predicted octanol–water partition coefficient (Wildman–Crippen LogP) is 2.94. The molecule has 8 heteroatoms. The predicted molar refractivity (Wildman–Crippen MR) is 76.7 cm³/mol. The Hall–Kier alpha value is -0.860. The Labute approximate surface area is 118 Å². The molecule has 2 aromatic rings. The first-order valence-corrected chi connectivity index (χ1v) is 8.18. The van der Waals surface area contributed by atoms with Gasteiger partial charge in [-0.1, -0.05) is 11.8 Å². The summed E-state index contributed by atoms with van der Waals surface area (Å²) in [5, 5.41) is 4.85. The van der Waals surface area contributed by atoms with Crippen molar-refractivity contribution in [3.63, 3.8) is 0 Å². The molecule has 0 aliphatic heterocycles. The van der Waals surface area contributed by atoms with E-state index in [9.17, 15) is 0 Å². The summed E-state index contributed by atoms with van der Waals surface area (Å²) in [5.74, 6) is 1.65. The van der Waals surface area contributed by atoms with Gasteiger partial charge in [0.1, 0.15) is 16.7 Å². The third kappa shape index (κ3) is 3.56. The van der Waals surface area contributed by atoms with Crippen LogP contribution in [0.4, 0.5) is 5.82 Å². The lowest BCUT2D eigenvalue weighted by Gasteiger charge is -2.05. The first-order valence-electron chi connectivity index (χ1n) is 5.36. The summed E-state index contributed by atoms with van der Waals surface area (Å²) < 4.78 is 5.06. The van der Waals surface area contributed by atoms with Crippen LogP contribution in [0.3, 0.4) is 0 Å². The van der Waals surface area contributed by atoms with E-state index in [-0.39, 0.29) is 0 Å². The topological polar surface area (TPSA) is 63.6 Å². The minimum Gasteiger partial charge on any atom is -0.370 e. The molecule has 0 saturated carbocycles. The Bertz CT molecular complexity index is 528. The maximum absolute atomic E-state index is 4.45. The molecule has 2 rings (SSSR count). The van der Waals surface area contributed by atoms with Crippen LogP contribution in [-0.4, -0.2) is 32.1 Å². The molecule has 0 bridgehead atoms. The van der Waals surface area contributed by atoms with E-state index < -0.39 is 0 Å². The number of hydrogen-bond donors (Lipinski definition) is 1. The van der Waals surface area contributed by atoms with Crippen LogP contribution in [0.25, 0.3) is 0 Å². The van der Waals surface area contributed by atoms with Crippen molar-refractivity contribution < 1.29 is 0 Å². The van der Waals surface area contributed by atoms with Crippen LogP contribution in [0, 0.1) is 6.92 Å². The summed E-state index contributed by atoms with van der Waals surface area (Å²) >= 11 is 4.44. The van der Waals surface area contributed by atoms with Gasteiger partial charge in [-0.3, -0.25) is 0 Å². The van der Waals surface area contributed by atoms with E-state index >= 15 is 0 Å². The molecule has 0 amide bonds. The SMILES string of the molecule is CCNc1cc(Sc2nc(C)ns2)nc(SC)n1. The number of aryl methyl sites for hydroxylation is 1. The van der Waals surface area contributed by atoms with Gasteiger partial charge in [0.25, 0.3) is 0 Å². The van der Waals surface area contributed by atoms with Crippen molar-refractivity contribution in [2.24, 2.45) is 0 Å². The highest BCUT2D eigenvalue weighted by molar-refractivity contribution is 8.01. The molecule has 2 heterocycles. The van der Waals surface area contributed by atoms with Crippen LogP contribution < -0.4 is 5.32 Å². The number of nitrogens with zero attached hydrogens (tertiary/aromatic N) is 4. The van der Waals surface area contributed by atoms with Crippen molar-refractivity contribution in [2.75, 3.05) is 18.1 Å². The lowest BCUT2D eigenvalue weighted by Crippen LogP contribution is -2.01. The third-order valence-corrected chi connectivity index (χ3v) is 4.23. The van der Waals surface area contributed by atoms with Gasteiger partial charge in [0, 0.05) is 12.6 Å². The van der Waals surface area contributed by atoms with Crippen molar-refractivity contribution in [2.45, 2.75) is 28.4 Å². The van der Waals surface area contributed by atoms with E-state index in [1.165, 1.54) is 35.1 Å². The molecule has 0 unspecified atom stereocenters. The van der Waals surface area contributed by atoms with Crippen molar-refractivity contribution in [1.29, 1.82) is 0 Å². The molecule has 0 aromatic carbocycles. The third-order valence-electron chi connectivity index (χ3n) is 1.92. The van der Waals surface area contributed by atoms with Gasteiger partial charge in [-0.15, -0.1) is 0 Å². The number of nitrogens with one attached hydrogen (secondary N) is 1. The molecule has 96 valence electrons. The van der Waals surface area contributed by atoms with Crippen molar-refractivity contribution in [3.05, 3.63) is 11.9 Å². The average molecular weight is 299 g/mol. The summed E-state index contributed by atoms with van der Waals surface area (Å²) in [6, 6.07) is 1.94. The zero-order chi connectivity index (χ0) is 13.0. The van der Waals surface area contributed by atoms with Gasteiger partial charge in [0.15, 0.2) is 9.50 Å². The second-order valence-electron chi connectivity index (χ2n) is 3.32. The normalized spacial score (nSPS) is 10.6. The maximum Gasteiger partial charge on any atom is 0.190 e. The van der Waals surface area contributed by atoms with Gasteiger partial charge in [-0.25, -0.2) is 15.0 Å². The summed E-state index contributed by atoms with van der Waals surface area (Å²) in [4.78, 5) is 13.2. The number of rotatable bonds is 5. The van der Waals surface area contributed by atoms with E-state index in [4.69, 9.17) is 0 Å². The second-order valence-corrected chi connectivity index (χ2v) is 6.11. The molecule has 18 heavy (non-hydrogen) atoms. The van der Waals surface area contributed by atoms with Crippen LogP contribution in [0.15, 0.2) is 20.6 Å². The van der Waals surface area contributed by atoms with Crippen LogP contribution >= 0.6 is 35.1 Å². The maximum atomic E-state index is 4.45. The fraction of sp³-hybridized carbons (Fsp3) is 0.400. The largest absolute Gasteiger partial charge is 0.370 e. The number of hydrogen-bond acceptors (Lipinski definition) is 8. The fourth-order valence-corrected chi connectivity index (χ4v) is 3.27. The Morgan fingerprint density at radius 3 is 2.78 bits per heavy atom. The van der Waals surface area contributed by atoms with E-state index in [2.05, 4.69) is 24.6 Å². The number of anilines is 1. The summed E-state index contributed by atoms with van der Waals surface area (Å²) in [5.41, 5.74) is 0. The lowest BCUT2D eigenvalue weighted by atomic mass is 10.5. The monoisotopic (exact) mass is 299 g/mol. The van der Waals surface area contributed by atoms with Gasteiger partial charge in [-0.2, -0.15) is 4.37 Å². The Balaban J connectivity index is 2.23. The summed E-state index contributed by atoms with van der Waals surface area (Å²) in [6.07, 6.45) is 1.97. The van der Waals surface area contributed by atoms with Gasteiger partial charge in [-0.05, 0) is 43.4 Å². The molecule has 0 saturated heterocycles. The molecule has 5 nitrogen and oxygen atoms in total. The van der Waals surface area contributed by atoms with Gasteiger partial charge < -0.3 is 5.32 Å². The van der Waals surface area contributed by atoms with E-state index in [0.717, 1.165) is 32.7 Å². The smallest absolute Gasteiger partial charge is 0.190 e. The highest BCUT2D eigenvalue weighted by Crippen LogP contribution is 2.29. The quantitative estimate of drug-likeness (QED) is 0.517. The zero-order valence-electron chi connectivity index (χ0n) is 10.3. The summed E-state index contributed by atoms with van der Waals surface area (Å²) in [6.45, 7) is 4.77.